The summed E-state index contributed by atoms with van der Waals surface area (Å²) in [5, 5.41) is 3.87. The molecule has 0 bridgehead atoms. The van der Waals surface area contributed by atoms with Crippen molar-refractivity contribution >= 4 is 26.9 Å². The average molecular weight is 590 g/mol. The van der Waals surface area contributed by atoms with E-state index in [0.717, 1.165) is 41.8 Å². The van der Waals surface area contributed by atoms with Crippen molar-refractivity contribution < 1.29 is 17.7 Å². The highest BCUT2D eigenvalue weighted by atomic mass is 32.2. The van der Waals surface area contributed by atoms with Gasteiger partial charge in [-0.2, -0.15) is 0 Å². The molecule has 3 aromatic heterocycles. The van der Waals surface area contributed by atoms with E-state index in [1.165, 1.54) is 0 Å². The van der Waals surface area contributed by atoms with Crippen LogP contribution in [0.2, 0.25) is 0 Å². The van der Waals surface area contributed by atoms with Gasteiger partial charge in [0, 0.05) is 36.9 Å². The maximum absolute atomic E-state index is 13.6. The minimum Gasteiger partial charge on any atom is -0.377 e. The van der Waals surface area contributed by atoms with Gasteiger partial charge in [-0.25, -0.2) is 13.4 Å². The van der Waals surface area contributed by atoms with Gasteiger partial charge < -0.3 is 18.8 Å². The fourth-order valence-corrected chi connectivity index (χ4v) is 6.26. The standard InChI is InChI=1S/C31H35N5O5S/c1-5-7-12-28-33-26-15-16-32-31(37)29(26)36(28)18-22-13-14-24(23(17-22)19-40-6-2)25-10-8-9-11-27(25)42(38,39)35-30-20(3)21(4)41-34-30/h8-11,13-17H,5-7,12,18-19H2,1-4H3,(H,32,37)(H,34,35). The van der Waals surface area contributed by atoms with Crippen molar-refractivity contribution in [2.45, 2.75) is 65.0 Å². The lowest BCUT2D eigenvalue weighted by Crippen LogP contribution is -2.15. The Bertz CT molecular complexity index is 1890. The number of aryl methyl sites for hydroxylation is 2. The topological polar surface area (TPSA) is 132 Å². The van der Waals surface area contributed by atoms with E-state index in [2.05, 4.69) is 21.8 Å². The smallest absolute Gasteiger partial charge is 0.274 e. The fourth-order valence-electron chi connectivity index (χ4n) is 4.98. The number of hydrogen-bond donors (Lipinski definition) is 2. The quantitative estimate of drug-likeness (QED) is 0.190. The van der Waals surface area contributed by atoms with Gasteiger partial charge in [-0.1, -0.05) is 54.9 Å². The first kappa shape index (κ1) is 29.3. The molecule has 0 amide bonds. The third-order valence-electron chi connectivity index (χ3n) is 7.33. The summed E-state index contributed by atoms with van der Waals surface area (Å²) in [5.41, 5.74) is 4.71. The zero-order valence-corrected chi connectivity index (χ0v) is 25.0. The molecule has 5 rings (SSSR count). The zero-order chi connectivity index (χ0) is 29.9. The van der Waals surface area contributed by atoms with Crippen molar-refractivity contribution in [2.24, 2.45) is 0 Å². The molecule has 0 atom stereocenters. The summed E-state index contributed by atoms with van der Waals surface area (Å²) in [6.45, 7) is 8.74. The van der Waals surface area contributed by atoms with Crippen LogP contribution >= 0.6 is 0 Å². The van der Waals surface area contributed by atoms with E-state index < -0.39 is 10.0 Å². The fraction of sp³-hybridized carbons (Fsp3) is 0.323. The number of fused-ring (bicyclic) bond motifs is 1. The highest BCUT2D eigenvalue weighted by Gasteiger charge is 2.24. The normalized spacial score (nSPS) is 11.8. The third-order valence-corrected chi connectivity index (χ3v) is 8.72. The molecular weight excluding hydrogens is 554 g/mol. The predicted octanol–water partition coefficient (Wildman–Crippen LogP) is 5.72. The molecule has 0 aliphatic heterocycles. The summed E-state index contributed by atoms with van der Waals surface area (Å²) >= 11 is 0. The number of imidazole rings is 1. The van der Waals surface area contributed by atoms with Crippen molar-refractivity contribution in [1.29, 1.82) is 0 Å². The van der Waals surface area contributed by atoms with Gasteiger partial charge in [0.2, 0.25) is 0 Å². The number of nitrogens with one attached hydrogen (secondary N) is 2. The number of H-pyrrole nitrogens is 1. The largest absolute Gasteiger partial charge is 0.377 e. The number of aromatic nitrogens is 4. The van der Waals surface area contributed by atoms with Gasteiger partial charge in [0.1, 0.15) is 17.1 Å². The minimum atomic E-state index is -4.00. The number of unbranched alkanes of at least 4 members (excludes halogenated alkanes) is 1. The predicted molar refractivity (Wildman–Crippen MR) is 162 cm³/mol. The van der Waals surface area contributed by atoms with Crippen LogP contribution in [0, 0.1) is 13.8 Å². The van der Waals surface area contributed by atoms with Crippen LogP contribution in [-0.4, -0.2) is 34.7 Å². The monoisotopic (exact) mass is 589 g/mol. The summed E-state index contributed by atoms with van der Waals surface area (Å²) in [6, 6.07) is 14.6. The van der Waals surface area contributed by atoms with Gasteiger partial charge in [0.05, 0.1) is 17.0 Å². The Morgan fingerprint density at radius 1 is 1.07 bits per heavy atom. The number of anilines is 1. The van der Waals surface area contributed by atoms with Crippen LogP contribution in [0.25, 0.3) is 22.2 Å². The minimum absolute atomic E-state index is 0.115. The third kappa shape index (κ3) is 5.88. The number of sulfonamides is 1. The molecule has 2 aromatic carbocycles. The van der Waals surface area contributed by atoms with E-state index >= 15 is 0 Å². The highest BCUT2D eigenvalue weighted by Crippen LogP contribution is 2.33. The molecule has 0 unspecified atom stereocenters. The Morgan fingerprint density at radius 2 is 1.88 bits per heavy atom. The maximum Gasteiger partial charge on any atom is 0.274 e. The van der Waals surface area contributed by atoms with Crippen LogP contribution in [0.3, 0.4) is 0 Å². The molecule has 3 heterocycles. The van der Waals surface area contributed by atoms with Crippen LogP contribution in [0.15, 0.2) is 68.9 Å². The molecule has 0 aliphatic carbocycles. The zero-order valence-electron chi connectivity index (χ0n) is 24.2. The second-order valence-corrected chi connectivity index (χ2v) is 11.9. The summed E-state index contributed by atoms with van der Waals surface area (Å²) < 4.78 is 42.7. The van der Waals surface area contributed by atoms with Crippen molar-refractivity contribution in [1.82, 2.24) is 19.7 Å². The Labute approximate surface area is 244 Å². The van der Waals surface area contributed by atoms with Crippen LogP contribution in [0.1, 0.15) is 55.0 Å². The molecule has 11 heteroatoms. The van der Waals surface area contributed by atoms with E-state index in [9.17, 15) is 13.2 Å². The van der Waals surface area contributed by atoms with Gasteiger partial charge in [-0.3, -0.25) is 9.52 Å². The summed E-state index contributed by atoms with van der Waals surface area (Å²) in [6.07, 6.45) is 4.35. The molecule has 10 nitrogen and oxygen atoms in total. The first-order valence-corrected chi connectivity index (χ1v) is 15.5. The molecule has 0 aliphatic rings. The summed E-state index contributed by atoms with van der Waals surface area (Å²) in [5.74, 6) is 1.56. The van der Waals surface area contributed by atoms with Crippen LogP contribution in [0.5, 0.6) is 0 Å². The Balaban J connectivity index is 1.57. The van der Waals surface area contributed by atoms with Gasteiger partial charge in [0.25, 0.3) is 15.6 Å². The van der Waals surface area contributed by atoms with Crippen LogP contribution in [0.4, 0.5) is 5.82 Å². The van der Waals surface area contributed by atoms with E-state index in [-0.39, 0.29) is 22.9 Å². The molecule has 0 radical (unpaired) electrons. The molecular formula is C31H35N5O5S. The lowest BCUT2D eigenvalue weighted by atomic mass is 9.97. The Kier molecular flexibility index (Phi) is 8.60. The van der Waals surface area contributed by atoms with Crippen LogP contribution < -0.4 is 10.3 Å². The maximum atomic E-state index is 13.6. The molecule has 220 valence electrons. The number of hydrogen-bond acceptors (Lipinski definition) is 7. The number of pyridine rings is 1. The molecule has 2 N–H and O–H groups in total. The first-order valence-electron chi connectivity index (χ1n) is 14.0. The van der Waals surface area contributed by atoms with E-state index in [0.29, 0.717) is 41.1 Å². The SMILES string of the molecule is CCCCc1nc2cc[nH]c(=O)c2n1Cc1ccc(-c2ccccc2S(=O)(=O)Nc2noc(C)c2C)c(COCC)c1. The number of nitrogens with zero attached hydrogens (tertiary/aromatic N) is 3. The van der Waals surface area contributed by atoms with E-state index in [4.69, 9.17) is 14.2 Å². The lowest BCUT2D eigenvalue weighted by Gasteiger charge is -2.17. The van der Waals surface area contributed by atoms with E-state index in [1.807, 2.05) is 41.8 Å². The number of rotatable bonds is 12. The summed E-state index contributed by atoms with van der Waals surface area (Å²) in [4.78, 5) is 20.4. The van der Waals surface area contributed by atoms with Gasteiger partial charge in [-0.15, -0.1) is 0 Å². The van der Waals surface area contributed by atoms with Gasteiger partial charge >= 0.3 is 0 Å². The van der Waals surface area contributed by atoms with E-state index in [1.54, 1.807) is 38.2 Å². The number of aromatic amines is 1. The second-order valence-electron chi connectivity index (χ2n) is 10.2. The second kappa shape index (κ2) is 12.3. The lowest BCUT2D eigenvalue weighted by molar-refractivity contribution is 0.134. The Morgan fingerprint density at radius 3 is 2.62 bits per heavy atom. The molecule has 42 heavy (non-hydrogen) atoms. The molecule has 0 fully saturated rings. The molecule has 5 aromatic rings. The Hall–Kier alpha value is -4.22. The molecule has 0 spiro atoms. The van der Waals surface area contributed by atoms with Crippen molar-refractivity contribution in [3.05, 3.63) is 93.4 Å². The van der Waals surface area contributed by atoms with Gasteiger partial charge in [0.15, 0.2) is 5.82 Å². The summed E-state index contributed by atoms with van der Waals surface area (Å²) in [7, 11) is -4.00. The highest BCUT2D eigenvalue weighted by molar-refractivity contribution is 7.92. The van der Waals surface area contributed by atoms with Gasteiger partial charge in [-0.05, 0) is 56.0 Å². The average Bonchev–Trinajstić information content (AvgIpc) is 3.49. The van der Waals surface area contributed by atoms with Crippen molar-refractivity contribution in [3.8, 4) is 11.1 Å². The molecule has 0 saturated carbocycles. The molecule has 0 saturated heterocycles. The number of ether oxygens (including phenoxy) is 1. The first-order chi connectivity index (χ1) is 20.2. The number of benzene rings is 2. The van der Waals surface area contributed by atoms with Crippen LogP contribution in [-0.2, 0) is 34.3 Å². The van der Waals surface area contributed by atoms with Crippen molar-refractivity contribution in [2.75, 3.05) is 11.3 Å². The van der Waals surface area contributed by atoms with Crippen molar-refractivity contribution in [3.63, 3.8) is 0 Å².